The molecule has 0 bridgehead atoms. The SMILES string of the molecule is c1ccc(-n2ncc(CN3CCO[C@@H]4COCC[C@@H]43)n2)cc1. The van der Waals surface area contributed by atoms with Crippen LogP contribution in [-0.4, -0.2) is 58.4 Å². The average molecular weight is 300 g/mol. The van der Waals surface area contributed by atoms with Crippen molar-refractivity contribution in [2.45, 2.75) is 25.1 Å². The monoisotopic (exact) mass is 300 g/mol. The van der Waals surface area contributed by atoms with Crippen molar-refractivity contribution in [2.24, 2.45) is 0 Å². The third-order valence-electron chi connectivity index (χ3n) is 4.34. The molecule has 2 saturated heterocycles. The lowest BCUT2D eigenvalue weighted by atomic mass is 10.0. The molecule has 2 aliphatic heterocycles. The Labute approximate surface area is 129 Å². The lowest BCUT2D eigenvalue weighted by Gasteiger charge is -2.43. The molecule has 2 aromatic rings. The van der Waals surface area contributed by atoms with Crippen molar-refractivity contribution in [3.63, 3.8) is 0 Å². The summed E-state index contributed by atoms with van der Waals surface area (Å²) in [6.07, 6.45) is 3.08. The van der Waals surface area contributed by atoms with Gasteiger partial charge in [0.1, 0.15) is 0 Å². The molecular formula is C16H20N4O2. The van der Waals surface area contributed by atoms with E-state index >= 15 is 0 Å². The van der Waals surface area contributed by atoms with E-state index in [0.29, 0.717) is 12.6 Å². The number of fused-ring (bicyclic) bond motifs is 1. The highest BCUT2D eigenvalue weighted by Crippen LogP contribution is 2.23. The number of hydrogen-bond donors (Lipinski definition) is 0. The zero-order chi connectivity index (χ0) is 14.8. The predicted octanol–water partition coefficient (Wildman–Crippen LogP) is 1.26. The molecule has 0 amide bonds. The van der Waals surface area contributed by atoms with Crippen LogP contribution >= 0.6 is 0 Å². The molecule has 1 aromatic heterocycles. The molecular weight excluding hydrogens is 280 g/mol. The van der Waals surface area contributed by atoms with E-state index in [1.54, 1.807) is 4.80 Å². The molecule has 0 spiro atoms. The molecule has 0 saturated carbocycles. The summed E-state index contributed by atoms with van der Waals surface area (Å²) in [6, 6.07) is 10.4. The minimum Gasteiger partial charge on any atom is -0.379 e. The largest absolute Gasteiger partial charge is 0.379 e. The fourth-order valence-electron chi connectivity index (χ4n) is 3.22. The quantitative estimate of drug-likeness (QED) is 0.854. The summed E-state index contributed by atoms with van der Waals surface area (Å²) in [5.41, 5.74) is 1.98. The summed E-state index contributed by atoms with van der Waals surface area (Å²) in [5, 5.41) is 8.98. The molecule has 1 aromatic carbocycles. The van der Waals surface area contributed by atoms with Crippen LogP contribution in [0.25, 0.3) is 5.69 Å². The molecule has 0 radical (unpaired) electrons. The molecule has 2 aliphatic rings. The molecule has 116 valence electrons. The van der Waals surface area contributed by atoms with E-state index in [-0.39, 0.29) is 6.10 Å². The van der Waals surface area contributed by atoms with Crippen molar-refractivity contribution in [2.75, 3.05) is 26.4 Å². The van der Waals surface area contributed by atoms with Crippen molar-refractivity contribution >= 4 is 0 Å². The van der Waals surface area contributed by atoms with Gasteiger partial charge in [-0.3, -0.25) is 4.90 Å². The maximum absolute atomic E-state index is 5.82. The van der Waals surface area contributed by atoms with Gasteiger partial charge in [0.2, 0.25) is 0 Å². The van der Waals surface area contributed by atoms with Gasteiger partial charge in [0.15, 0.2) is 0 Å². The Bertz CT molecular complexity index is 614. The van der Waals surface area contributed by atoms with Crippen LogP contribution in [0.15, 0.2) is 36.5 Å². The summed E-state index contributed by atoms with van der Waals surface area (Å²) in [7, 11) is 0. The van der Waals surface area contributed by atoms with Gasteiger partial charge in [-0.2, -0.15) is 15.0 Å². The van der Waals surface area contributed by atoms with Crippen LogP contribution in [0.3, 0.4) is 0 Å². The van der Waals surface area contributed by atoms with Crippen molar-refractivity contribution in [1.29, 1.82) is 0 Å². The van der Waals surface area contributed by atoms with Gasteiger partial charge in [0, 0.05) is 25.7 Å². The van der Waals surface area contributed by atoms with Crippen molar-refractivity contribution in [3.8, 4) is 5.69 Å². The van der Waals surface area contributed by atoms with E-state index in [0.717, 1.165) is 44.1 Å². The molecule has 6 heteroatoms. The summed E-state index contributed by atoms with van der Waals surface area (Å²) in [4.78, 5) is 4.15. The van der Waals surface area contributed by atoms with Gasteiger partial charge in [0.25, 0.3) is 0 Å². The number of ether oxygens (including phenoxy) is 2. The zero-order valence-corrected chi connectivity index (χ0v) is 12.5. The van der Waals surface area contributed by atoms with Gasteiger partial charge in [-0.25, -0.2) is 0 Å². The maximum atomic E-state index is 5.82. The van der Waals surface area contributed by atoms with E-state index in [2.05, 4.69) is 15.1 Å². The number of para-hydroxylation sites is 1. The predicted molar refractivity (Wildman–Crippen MR) is 80.7 cm³/mol. The number of hydrogen-bond acceptors (Lipinski definition) is 5. The van der Waals surface area contributed by atoms with Gasteiger partial charge in [-0.15, -0.1) is 0 Å². The lowest BCUT2D eigenvalue weighted by Crippen LogP contribution is -2.55. The van der Waals surface area contributed by atoms with E-state index in [1.807, 2.05) is 36.5 Å². The first-order chi connectivity index (χ1) is 10.9. The molecule has 2 fully saturated rings. The van der Waals surface area contributed by atoms with Crippen molar-refractivity contribution in [3.05, 3.63) is 42.2 Å². The third kappa shape index (κ3) is 2.77. The van der Waals surface area contributed by atoms with E-state index in [1.165, 1.54) is 0 Å². The van der Waals surface area contributed by atoms with Crippen LogP contribution in [0.4, 0.5) is 0 Å². The van der Waals surface area contributed by atoms with E-state index in [9.17, 15) is 0 Å². The second-order valence-electron chi connectivity index (χ2n) is 5.77. The lowest BCUT2D eigenvalue weighted by molar-refractivity contribution is -0.137. The molecule has 6 nitrogen and oxygen atoms in total. The minimum absolute atomic E-state index is 0.201. The van der Waals surface area contributed by atoms with Crippen LogP contribution in [0.2, 0.25) is 0 Å². The molecule has 3 heterocycles. The van der Waals surface area contributed by atoms with Crippen LogP contribution < -0.4 is 0 Å². The van der Waals surface area contributed by atoms with Gasteiger partial charge in [-0.05, 0) is 18.6 Å². The molecule has 22 heavy (non-hydrogen) atoms. The van der Waals surface area contributed by atoms with E-state index < -0.39 is 0 Å². The van der Waals surface area contributed by atoms with Crippen LogP contribution in [0.1, 0.15) is 12.1 Å². The first-order valence-corrected chi connectivity index (χ1v) is 7.80. The molecule has 0 unspecified atom stereocenters. The first kappa shape index (κ1) is 13.9. The van der Waals surface area contributed by atoms with Gasteiger partial charge >= 0.3 is 0 Å². The van der Waals surface area contributed by atoms with Crippen LogP contribution in [-0.2, 0) is 16.0 Å². The Kier molecular flexibility index (Phi) is 3.88. The Balaban J connectivity index is 1.48. The van der Waals surface area contributed by atoms with Gasteiger partial charge in [0.05, 0.1) is 36.9 Å². The number of benzene rings is 1. The fourth-order valence-corrected chi connectivity index (χ4v) is 3.22. The Morgan fingerprint density at radius 3 is 3.00 bits per heavy atom. The smallest absolute Gasteiger partial charge is 0.0971 e. The molecule has 2 atom stereocenters. The Morgan fingerprint density at radius 1 is 1.18 bits per heavy atom. The first-order valence-electron chi connectivity index (χ1n) is 7.80. The number of rotatable bonds is 3. The normalized spacial score (nSPS) is 25.8. The Morgan fingerprint density at radius 2 is 2.09 bits per heavy atom. The van der Waals surface area contributed by atoms with Crippen molar-refractivity contribution < 1.29 is 9.47 Å². The summed E-state index contributed by atoms with van der Waals surface area (Å²) < 4.78 is 11.3. The second-order valence-corrected chi connectivity index (χ2v) is 5.77. The third-order valence-corrected chi connectivity index (χ3v) is 4.34. The topological polar surface area (TPSA) is 52.4 Å². The summed E-state index contributed by atoms with van der Waals surface area (Å²) in [6.45, 7) is 4.05. The highest BCUT2D eigenvalue weighted by molar-refractivity contribution is 5.28. The van der Waals surface area contributed by atoms with E-state index in [4.69, 9.17) is 9.47 Å². The number of morpholine rings is 1. The minimum atomic E-state index is 0.201. The average Bonchev–Trinajstić information content (AvgIpc) is 3.05. The van der Waals surface area contributed by atoms with Crippen LogP contribution in [0, 0.1) is 0 Å². The standard InChI is InChI=1S/C16H20N4O2/c1-2-4-14(5-3-1)20-17-10-13(18-20)11-19-7-9-22-16-12-21-8-6-15(16)19/h1-5,10,15-16H,6-9,11-12H2/t15-,16+/m0/s1. The van der Waals surface area contributed by atoms with Crippen LogP contribution in [0.5, 0.6) is 0 Å². The highest BCUT2D eigenvalue weighted by Gasteiger charge is 2.35. The fraction of sp³-hybridized carbons (Fsp3) is 0.500. The summed E-state index contributed by atoms with van der Waals surface area (Å²) >= 11 is 0. The maximum Gasteiger partial charge on any atom is 0.0971 e. The molecule has 0 aliphatic carbocycles. The number of aromatic nitrogens is 3. The highest BCUT2D eigenvalue weighted by atomic mass is 16.5. The molecule has 0 N–H and O–H groups in total. The Hall–Kier alpha value is -1.76. The number of nitrogens with zero attached hydrogens (tertiary/aromatic N) is 4. The molecule has 4 rings (SSSR count). The second kappa shape index (κ2) is 6.16. The van der Waals surface area contributed by atoms with Gasteiger partial charge < -0.3 is 9.47 Å². The summed E-state index contributed by atoms with van der Waals surface area (Å²) in [5.74, 6) is 0. The zero-order valence-electron chi connectivity index (χ0n) is 12.5. The van der Waals surface area contributed by atoms with Crippen molar-refractivity contribution in [1.82, 2.24) is 19.9 Å². The van der Waals surface area contributed by atoms with Gasteiger partial charge in [-0.1, -0.05) is 18.2 Å².